The lowest BCUT2D eigenvalue weighted by molar-refractivity contribution is -0.125. The van der Waals surface area contributed by atoms with Crippen LogP contribution < -0.4 is 15.0 Å². The molecule has 1 amide bonds. The first-order valence-electron chi connectivity index (χ1n) is 12.0. The zero-order chi connectivity index (χ0) is 24.6. The molecule has 0 bridgehead atoms. The maximum atomic E-state index is 14.1. The quantitative estimate of drug-likeness (QED) is 0.517. The van der Waals surface area contributed by atoms with Crippen LogP contribution in [0.3, 0.4) is 0 Å². The zero-order valence-corrected chi connectivity index (χ0v) is 20.3. The molecule has 2 unspecified atom stereocenters. The van der Waals surface area contributed by atoms with Gasteiger partial charge in [-0.1, -0.05) is 80.6 Å². The summed E-state index contributed by atoms with van der Waals surface area (Å²) >= 11 is 0. The fourth-order valence-electron chi connectivity index (χ4n) is 5.37. The van der Waals surface area contributed by atoms with Crippen molar-refractivity contribution in [2.45, 2.75) is 32.7 Å². The molecular weight excluding hydrogens is 436 g/mol. The summed E-state index contributed by atoms with van der Waals surface area (Å²) in [5.41, 5.74) is 3.87. The molecule has 1 N–H and O–H groups in total. The summed E-state index contributed by atoms with van der Waals surface area (Å²) < 4.78 is 5.74. The Kier molecular flexibility index (Phi) is 5.93. The van der Waals surface area contributed by atoms with Crippen molar-refractivity contribution in [1.29, 1.82) is 0 Å². The summed E-state index contributed by atoms with van der Waals surface area (Å²) in [6.07, 6.45) is 2.79. The van der Waals surface area contributed by atoms with Crippen LogP contribution in [0.25, 0.3) is 0 Å². The van der Waals surface area contributed by atoms with Crippen molar-refractivity contribution >= 4 is 23.1 Å². The molecule has 1 heterocycles. The Labute approximate surface area is 206 Å². The monoisotopic (exact) mass is 466 g/mol. The number of ketones is 1. The van der Waals surface area contributed by atoms with Crippen LogP contribution in [0, 0.1) is 11.3 Å². The van der Waals surface area contributed by atoms with Gasteiger partial charge in [0.25, 0.3) is 0 Å². The van der Waals surface area contributed by atoms with Gasteiger partial charge in [0, 0.05) is 17.7 Å². The number of Topliss-reactive ketones (excluding diaryl/α,β-unsaturated/α-hetero) is 1. The molecule has 178 valence electrons. The van der Waals surface area contributed by atoms with E-state index in [9.17, 15) is 9.59 Å². The van der Waals surface area contributed by atoms with Gasteiger partial charge in [-0.25, -0.2) is 0 Å². The largest absolute Gasteiger partial charge is 0.496 e. The second-order valence-corrected chi connectivity index (χ2v) is 9.96. The molecule has 1 aliphatic carbocycles. The van der Waals surface area contributed by atoms with Crippen molar-refractivity contribution in [1.82, 2.24) is 0 Å². The van der Waals surface area contributed by atoms with Gasteiger partial charge in [-0.2, -0.15) is 0 Å². The molecule has 0 spiro atoms. The lowest BCUT2D eigenvalue weighted by atomic mass is 9.72. The van der Waals surface area contributed by atoms with E-state index in [0.29, 0.717) is 12.2 Å². The summed E-state index contributed by atoms with van der Waals surface area (Å²) in [7, 11) is 1.63. The summed E-state index contributed by atoms with van der Waals surface area (Å²) in [5.74, 6) is 0.166. The van der Waals surface area contributed by atoms with Gasteiger partial charge >= 0.3 is 0 Å². The molecule has 3 aromatic rings. The van der Waals surface area contributed by atoms with Crippen molar-refractivity contribution in [2.75, 3.05) is 17.3 Å². The lowest BCUT2D eigenvalue weighted by Gasteiger charge is -2.39. The summed E-state index contributed by atoms with van der Waals surface area (Å²) in [4.78, 5) is 29.7. The van der Waals surface area contributed by atoms with Crippen LogP contribution in [-0.4, -0.2) is 18.8 Å². The van der Waals surface area contributed by atoms with Crippen molar-refractivity contribution in [3.05, 3.63) is 102 Å². The molecular formula is C30H30N2O3. The van der Waals surface area contributed by atoms with Gasteiger partial charge in [0.1, 0.15) is 11.5 Å². The van der Waals surface area contributed by atoms with Crippen LogP contribution in [0.4, 0.5) is 11.4 Å². The molecule has 0 fully saturated rings. The third-order valence-electron chi connectivity index (χ3n) is 6.82. The molecule has 3 aromatic carbocycles. The number of allylic oxidation sites excluding steroid dienone is 1. The highest BCUT2D eigenvalue weighted by Gasteiger charge is 2.46. The smallest absolute Gasteiger partial charge is 0.232 e. The van der Waals surface area contributed by atoms with Gasteiger partial charge in [-0.15, -0.1) is 0 Å². The number of methoxy groups -OCH3 is 1. The van der Waals surface area contributed by atoms with Crippen LogP contribution in [-0.2, 0) is 16.0 Å². The zero-order valence-electron chi connectivity index (χ0n) is 20.3. The van der Waals surface area contributed by atoms with Crippen molar-refractivity contribution in [3.63, 3.8) is 0 Å². The Bertz CT molecular complexity index is 1300. The number of nitrogens with zero attached hydrogens (tertiary/aromatic N) is 1. The number of hydrogen-bond acceptors (Lipinski definition) is 4. The second kappa shape index (κ2) is 9.06. The van der Waals surface area contributed by atoms with Crippen LogP contribution >= 0.6 is 0 Å². The van der Waals surface area contributed by atoms with E-state index in [1.807, 2.05) is 83.8 Å². The van der Waals surface area contributed by atoms with E-state index in [0.717, 1.165) is 28.2 Å². The van der Waals surface area contributed by atoms with Gasteiger partial charge in [0.2, 0.25) is 5.91 Å². The molecule has 5 heteroatoms. The van der Waals surface area contributed by atoms with Gasteiger partial charge in [0.05, 0.1) is 36.9 Å². The highest BCUT2D eigenvalue weighted by molar-refractivity contribution is 6.02. The highest BCUT2D eigenvalue weighted by atomic mass is 16.5. The van der Waals surface area contributed by atoms with Crippen LogP contribution in [0.2, 0.25) is 0 Å². The first-order valence-corrected chi connectivity index (χ1v) is 12.0. The first kappa shape index (κ1) is 22.9. The Hall–Kier alpha value is -3.86. The number of para-hydroxylation sites is 3. The molecule has 0 saturated carbocycles. The number of carbonyl (C=O) groups excluding carboxylic acids is 2. The SMILES string of the molecule is COc1ccccc1C1C2C(=O)CC(C)(C)C=C2Nc2ccccc2N1C(=O)Cc1ccccc1. The minimum Gasteiger partial charge on any atom is -0.496 e. The number of carbonyl (C=O) groups is 2. The van der Waals surface area contributed by atoms with E-state index in [1.165, 1.54) is 0 Å². The second-order valence-electron chi connectivity index (χ2n) is 9.96. The molecule has 1 aliphatic heterocycles. The average Bonchev–Trinajstić information content (AvgIpc) is 2.98. The summed E-state index contributed by atoms with van der Waals surface area (Å²) in [6.45, 7) is 4.14. The molecule has 2 atom stereocenters. The third kappa shape index (κ3) is 4.34. The number of fused-ring (bicyclic) bond motifs is 2. The molecule has 5 rings (SSSR count). The normalized spacial score (nSPS) is 20.6. The average molecular weight is 467 g/mol. The standard InChI is InChI=1S/C30H30N2O3/c1-30(2)18-23-28(25(33)19-30)29(21-13-7-10-16-26(21)35-3)32(24-15-9-8-14-22(24)31-23)27(34)17-20-11-5-4-6-12-20/h4-16,18,28-29,31H,17,19H2,1-3H3. The van der Waals surface area contributed by atoms with E-state index >= 15 is 0 Å². The number of rotatable bonds is 4. The number of nitrogens with one attached hydrogen (secondary N) is 1. The fourth-order valence-corrected chi connectivity index (χ4v) is 5.37. The fraction of sp³-hybridized carbons (Fsp3) is 0.267. The van der Waals surface area contributed by atoms with Crippen molar-refractivity contribution < 1.29 is 14.3 Å². The van der Waals surface area contributed by atoms with E-state index in [1.54, 1.807) is 7.11 Å². The Morgan fingerprint density at radius 2 is 1.69 bits per heavy atom. The molecule has 0 radical (unpaired) electrons. The van der Waals surface area contributed by atoms with E-state index < -0.39 is 12.0 Å². The van der Waals surface area contributed by atoms with E-state index in [-0.39, 0.29) is 23.5 Å². The number of ether oxygens (including phenoxy) is 1. The number of amides is 1. The van der Waals surface area contributed by atoms with Crippen LogP contribution in [0.15, 0.2) is 90.6 Å². The van der Waals surface area contributed by atoms with Crippen LogP contribution in [0.1, 0.15) is 37.4 Å². The number of benzene rings is 3. The van der Waals surface area contributed by atoms with Crippen molar-refractivity contribution in [3.8, 4) is 5.75 Å². The highest BCUT2D eigenvalue weighted by Crippen LogP contribution is 2.50. The van der Waals surface area contributed by atoms with Crippen LogP contribution in [0.5, 0.6) is 5.75 Å². The molecule has 0 aromatic heterocycles. The van der Waals surface area contributed by atoms with E-state index in [4.69, 9.17) is 4.74 Å². The number of anilines is 2. The Morgan fingerprint density at radius 3 is 2.46 bits per heavy atom. The third-order valence-corrected chi connectivity index (χ3v) is 6.82. The minimum atomic E-state index is -0.548. The predicted octanol–water partition coefficient (Wildman–Crippen LogP) is 5.94. The molecule has 0 saturated heterocycles. The number of hydrogen-bond donors (Lipinski definition) is 1. The van der Waals surface area contributed by atoms with Gasteiger partial charge in [-0.3, -0.25) is 9.59 Å². The van der Waals surface area contributed by atoms with Gasteiger partial charge < -0.3 is 15.0 Å². The van der Waals surface area contributed by atoms with Gasteiger partial charge in [-0.05, 0) is 29.2 Å². The lowest BCUT2D eigenvalue weighted by Crippen LogP contribution is -2.44. The molecule has 2 aliphatic rings. The minimum absolute atomic E-state index is 0.0692. The van der Waals surface area contributed by atoms with Gasteiger partial charge in [0.15, 0.2) is 0 Å². The first-order chi connectivity index (χ1) is 16.9. The molecule has 35 heavy (non-hydrogen) atoms. The Morgan fingerprint density at radius 1 is 1.00 bits per heavy atom. The summed E-state index contributed by atoms with van der Waals surface area (Å²) in [5, 5.41) is 3.54. The topological polar surface area (TPSA) is 58.6 Å². The maximum Gasteiger partial charge on any atom is 0.232 e. The van der Waals surface area contributed by atoms with Crippen molar-refractivity contribution in [2.24, 2.45) is 11.3 Å². The predicted molar refractivity (Wildman–Crippen MR) is 138 cm³/mol. The molecule has 5 nitrogen and oxygen atoms in total. The Balaban J connectivity index is 1.75. The maximum absolute atomic E-state index is 14.1. The van der Waals surface area contributed by atoms with E-state index in [2.05, 4.69) is 25.2 Å². The summed E-state index contributed by atoms with van der Waals surface area (Å²) in [6, 6.07) is 24.7.